The van der Waals surface area contributed by atoms with Crippen molar-refractivity contribution >= 4 is 39.8 Å². The Kier molecular flexibility index (Phi) is 5.82. The fraction of sp³-hybridized carbons (Fsp3) is 0.0833. The Hall–Kier alpha value is -3.57. The third-order valence-corrected chi connectivity index (χ3v) is 4.87. The Labute approximate surface area is 179 Å². The van der Waals surface area contributed by atoms with E-state index in [-0.39, 0.29) is 5.69 Å². The van der Waals surface area contributed by atoms with Crippen LogP contribution in [0.1, 0.15) is 16.1 Å². The molecular weight excluding hydrogens is 400 g/mol. The number of anilines is 2. The maximum absolute atomic E-state index is 12.0. The van der Waals surface area contributed by atoms with Gasteiger partial charge in [0.05, 0.1) is 23.3 Å². The van der Waals surface area contributed by atoms with Crippen LogP contribution in [0.4, 0.5) is 11.4 Å². The SMILES string of the molecule is COC(=O)c1cc(Nc2ccc(OCc3ccccc3)cc2)c2cccc(Cl)c2n1. The number of nitrogens with zero attached hydrogens (tertiary/aromatic N) is 1. The number of carbonyl (C=O) groups is 1. The average molecular weight is 419 g/mol. The van der Waals surface area contributed by atoms with Crippen molar-refractivity contribution in [2.24, 2.45) is 0 Å². The zero-order valence-corrected chi connectivity index (χ0v) is 17.0. The Bertz CT molecular complexity index is 1180. The van der Waals surface area contributed by atoms with Crippen molar-refractivity contribution in [2.75, 3.05) is 12.4 Å². The number of hydrogen-bond donors (Lipinski definition) is 1. The largest absolute Gasteiger partial charge is 0.489 e. The molecule has 3 aromatic carbocycles. The molecule has 0 radical (unpaired) electrons. The van der Waals surface area contributed by atoms with E-state index in [0.29, 0.717) is 22.8 Å². The van der Waals surface area contributed by atoms with Gasteiger partial charge in [-0.15, -0.1) is 0 Å². The minimum atomic E-state index is -0.524. The number of halogens is 1. The second kappa shape index (κ2) is 8.84. The Morgan fingerprint density at radius 1 is 1.00 bits per heavy atom. The standard InChI is InChI=1S/C24H19ClN2O3/c1-29-24(28)22-14-21(19-8-5-9-20(25)23(19)27-22)26-17-10-12-18(13-11-17)30-15-16-6-3-2-4-7-16/h2-14H,15H2,1H3,(H,26,27). The third kappa shape index (κ3) is 4.36. The van der Waals surface area contributed by atoms with Crippen LogP contribution in [0.15, 0.2) is 78.9 Å². The molecule has 6 heteroatoms. The summed E-state index contributed by atoms with van der Waals surface area (Å²) in [5.74, 6) is 0.242. The van der Waals surface area contributed by atoms with Gasteiger partial charge in [-0.1, -0.05) is 54.1 Å². The van der Waals surface area contributed by atoms with E-state index >= 15 is 0 Å². The second-order valence-corrected chi connectivity index (χ2v) is 7.01. The summed E-state index contributed by atoms with van der Waals surface area (Å²) < 4.78 is 10.7. The topological polar surface area (TPSA) is 60.5 Å². The van der Waals surface area contributed by atoms with Crippen molar-refractivity contribution in [3.63, 3.8) is 0 Å². The molecule has 0 unspecified atom stereocenters. The van der Waals surface area contributed by atoms with Gasteiger partial charge in [0.2, 0.25) is 0 Å². The Morgan fingerprint density at radius 3 is 2.50 bits per heavy atom. The van der Waals surface area contributed by atoms with Crippen LogP contribution in [0.25, 0.3) is 10.9 Å². The first kappa shape index (κ1) is 19.7. The molecule has 0 atom stereocenters. The molecule has 0 aliphatic heterocycles. The summed E-state index contributed by atoms with van der Waals surface area (Å²) in [5, 5.41) is 4.60. The molecule has 0 fully saturated rings. The molecule has 0 saturated heterocycles. The molecule has 0 aliphatic carbocycles. The number of aromatic nitrogens is 1. The molecule has 4 rings (SSSR count). The van der Waals surface area contributed by atoms with Gasteiger partial charge in [0.1, 0.15) is 12.4 Å². The van der Waals surface area contributed by atoms with Crippen LogP contribution in [-0.2, 0) is 11.3 Å². The Balaban J connectivity index is 1.57. The van der Waals surface area contributed by atoms with Crippen LogP contribution in [0, 0.1) is 0 Å². The van der Waals surface area contributed by atoms with Gasteiger partial charge in [-0.05, 0) is 42.0 Å². The molecule has 0 bridgehead atoms. The number of esters is 1. The monoisotopic (exact) mass is 418 g/mol. The summed E-state index contributed by atoms with van der Waals surface area (Å²) >= 11 is 6.30. The third-order valence-electron chi connectivity index (χ3n) is 4.57. The van der Waals surface area contributed by atoms with Gasteiger partial charge < -0.3 is 14.8 Å². The normalized spacial score (nSPS) is 10.6. The zero-order valence-electron chi connectivity index (χ0n) is 16.3. The number of hydrogen-bond acceptors (Lipinski definition) is 5. The molecular formula is C24H19ClN2O3. The van der Waals surface area contributed by atoms with Gasteiger partial charge in [-0.2, -0.15) is 0 Å². The van der Waals surface area contributed by atoms with Gasteiger partial charge in [0, 0.05) is 11.1 Å². The molecule has 1 heterocycles. The van der Waals surface area contributed by atoms with E-state index in [1.165, 1.54) is 7.11 Å². The molecule has 4 aromatic rings. The highest BCUT2D eigenvalue weighted by molar-refractivity contribution is 6.35. The first-order valence-corrected chi connectivity index (χ1v) is 9.73. The van der Waals surface area contributed by atoms with E-state index in [1.54, 1.807) is 12.1 Å². The van der Waals surface area contributed by atoms with E-state index in [0.717, 1.165) is 22.4 Å². The summed E-state index contributed by atoms with van der Waals surface area (Å²) in [5.41, 5.74) is 3.37. The first-order valence-electron chi connectivity index (χ1n) is 9.35. The molecule has 0 aliphatic rings. The first-order chi connectivity index (χ1) is 14.6. The van der Waals surface area contributed by atoms with Gasteiger partial charge >= 0.3 is 5.97 Å². The van der Waals surface area contributed by atoms with Crippen molar-refractivity contribution in [3.8, 4) is 5.75 Å². The second-order valence-electron chi connectivity index (χ2n) is 6.61. The van der Waals surface area contributed by atoms with Crippen LogP contribution in [-0.4, -0.2) is 18.1 Å². The van der Waals surface area contributed by atoms with Crippen molar-refractivity contribution in [2.45, 2.75) is 6.61 Å². The lowest BCUT2D eigenvalue weighted by Crippen LogP contribution is -2.06. The molecule has 0 amide bonds. The van der Waals surface area contributed by atoms with E-state index in [1.807, 2.05) is 66.7 Å². The van der Waals surface area contributed by atoms with Crippen LogP contribution in [0.3, 0.4) is 0 Å². The van der Waals surface area contributed by atoms with Crippen LogP contribution in [0.5, 0.6) is 5.75 Å². The molecule has 0 spiro atoms. The minimum Gasteiger partial charge on any atom is -0.489 e. The minimum absolute atomic E-state index is 0.184. The van der Waals surface area contributed by atoms with Crippen LogP contribution >= 0.6 is 11.6 Å². The number of rotatable bonds is 6. The summed E-state index contributed by atoms with van der Waals surface area (Å²) in [7, 11) is 1.32. The molecule has 1 N–H and O–H groups in total. The summed E-state index contributed by atoms with van der Waals surface area (Å²) in [6, 6.07) is 24.7. The van der Waals surface area contributed by atoms with Crippen molar-refractivity contribution in [1.29, 1.82) is 0 Å². The van der Waals surface area contributed by atoms with Gasteiger partial charge in [-0.25, -0.2) is 9.78 Å². The van der Waals surface area contributed by atoms with Crippen molar-refractivity contribution in [3.05, 3.63) is 95.1 Å². The van der Waals surface area contributed by atoms with Gasteiger partial charge in [0.25, 0.3) is 0 Å². The van der Waals surface area contributed by atoms with Crippen molar-refractivity contribution < 1.29 is 14.3 Å². The summed E-state index contributed by atoms with van der Waals surface area (Å²) in [6.45, 7) is 0.504. The molecule has 30 heavy (non-hydrogen) atoms. The maximum atomic E-state index is 12.0. The number of pyridine rings is 1. The van der Waals surface area contributed by atoms with Crippen LogP contribution < -0.4 is 10.1 Å². The zero-order chi connectivity index (χ0) is 20.9. The van der Waals surface area contributed by atoms with E-state index in [4.69, 9.17) is 21.1 Å². The van der Waals surface area contributed by atoms with E-state index in [2.05, 4.69) is 10.3 Å². The van der Waals surface area contributed by atoms with Crippen molar-refractivity contribution in [1.82, 2.24) is 4.98 Å². The highest BCUT2D eigenvalue weighted by Gasteiger charge is 2.14. The van der Waals surface area contributed by atoms with Crippen LogP contribution in [0.2, 0.25) is 5.02 Å². The number of nitrogens with one attached hydrogen (secondary N) is 1. The maximum Gasteiger partial charge on any atom is 0.356 e. The lowest BCUT2D eigenvalue weighted by molar-refractivity contribution is 0.0594. The number of benzene rings is 3. The summed E-state index contributed by atoms with van der Waals surface area (Å²) in [6.07, 6.45) is 0. The summed E-state index contributed by atoms with van der Waals surface area (Å²) in [4.78, 5) is 16.4. The van der Waals surface area contributed by atoms with Gasteiger partial charge in [0.15, 0.2) is 5.69 Å². The molecule has 0 saturated carbocycles. The lowest BCUT2D eigenvalue weighted by atomic mass is 10.1. The lowest BCUT2D eigenvalue weighted by Gasteiger charge is -2.13. The number of methoxy groups -OCH3 is 1. The van der Waals surface area contributed by atoms with E-state index < -0.39 is 5.97 Å². The molecule has 1 aromatic heterocycles. The Morgan fingerprint density at radius 2 is 1.77 bits per heavy atom. The number of para-hydroxylation sites is 1. The molecule has 5 nitrogen and oxygen atoms in total. The quantitative estimate of drug-likeness (QED) is 0.389. The fourth-order valence-corrected chi connectivity index (χ4v) is 3.27. The predicted octanol–water partition coefficient (Wildman–Crippen LogP) is 6.00. The smallest absolute Gasteiger partial charge is 0.356 e. The number of fused-ring (bicyclic) bond motifs is 1. The molecule has 150 valence electrons. The number of ether oxygens (including phenoxy) is 2. The highest BCUT2D eigenvalue weighted by atomic mass is 35.5. The average Bonchev–Trinajstić information content (AvgIpc) is 2.79. The van der Waals surface area contributed by atoms with Gasteiger partial charge in [-0.3, -0.25) is 0 Å². The predicted molar refractivity (Wildman–Crippen MR) is 119 cm³/mol. The highest BCUT2D eigenvalue weighted by Crippen LogP contribution is 2.31. The number of carbonyl (C=O) groups excluding carboxylic acids is 1. The van der Waals surface area contributed by atoms with E-state index in [9.17, 15) is 4.79 Å². The fourth-order valence-electron chi connectivity index (χ4n) is 3.06.